The number of likely N-dealkylation sites (tertiary alicyclic amines) is 1. The summed E-state index contributed by atoms with van der Waals surface area (Å²) in [5.74, 6) is 7.79. The first-order valence-electron chi connectivity index (χ1n) is 6.80. The van der Waals surface area contributed by atoms with E-state index in [1.807, 2.05) is 13.8 Å². The fourth-order valence-electron chi connectivity index (χ4n) is 2.52. The smallest absolute Gasteiger partial charge is 0.148 e. The normalized spacial score (nSPS) is 24.3. The van der Waals surface area contributed by atoms with Crippen LogP contribution < -0.4 is 16.6 Å². The molecular formula is C13H24N6. The Hall–Kier alpha value is -1.40. The Kier molecular flexibility index (Phi) is 4.21. The molecule has 2 rings (SSSR count). The number of anilines is 2. The maximum atomic E-state index is 5.49. The predicted molar refractivity (Wildman–Crippen MR) is 78.1 cm³/mol. The molecule has 0 aromatic carbocycles. The molecule has 6 heteroatoms. The highest BCUT2D eigenvalue weighted by atomic mass is 15.3. The zero-order valence-electron chi connectivity index (χ0n) is 12.2. The van der Waals surface area contributed by atoms with Gasteiger partial charge in [-0.05, 0) is 40.7 Å². The van der Waals surface area contributed by atoms with Crippen LogP contribution in [0.2, 0.25) is 0 Å². The van der Waals surface area contributed by atoms with Crippen LogP contribution in [0.25, 0.3) is 0 Å². The van der Waals surface area contributed by atoms with Crippen molar-refractivity contribution in [3.63, 3.8) is 0 Å². The number of nitrogens with zero attached hydrogens (tertiary/aromatic N) is 3. The highest BCUT2D eigenvalue weighted by Crippen LogP contribution is 2.23. The van der Waals surface area contributed by atoms with Gasteiger partial charge in [0.25, 0.3) is 0 Å². The summed E-state index contributed by atoms with van der Waals surface area (Å²) in [6, 6.07) is 1.06. The molecule has 1 fully saturated rings. The number of nitrogen functional groups attached to an aromatic ring is 1. The highest BCUT2D eigenvalue weighted by Gasteiger charge is 2.23. The van der Waals surface area contributed by atoms with Gasteiger partial charge in [-0.1, -0.05) is 0 Å². The number of aryl methyl sites for hydroxylation is 1. The molecule has 0 radical (unpaired) electrons. The van der Waals surface area contributed by atoms with Gasteiger partial charge in [0, 0.05) is 24.2 Å². The van der Waals surface area contributed by atoms with E-state index in [0.29, 0.717) is 17.9 Å². The maximum absolute atomic E-state index is 5.49. The van der Waals surface area contributed by atoms with Gasteiger partial charge in [0.1, 0.15) is 17.5 Å². The Bertz CT molecular complexity index is 447. The fraction of sp³-hybridized carbons (Fsp3) is 0.692. The van der Waals surface area contributed by atoms with E-state index < -0.39 is 0 Å². The molecule has 6 nitrogen and oxygen atoms in total. The standard InChI is InChI=1S/C13H24N6/c1-8-7-11(5-6-19(8)4)17-12-9(2)13(18-14)16-10(3)15-12/h8,11H,5-7,14H2,1-4H3,(H2,15,16,17,18). The summed E-state index contributed by atoms with van der Waals surface area (Å²) < 4.78 is 0. The second-order valence-electron chi connectivity index (χ2n) is 5.43. The van der Waals surface area contributed by atoms with E-state index in [-0.39, 0.29) is 0 Å². The van der Waals surface area contributed by atoms with Gasteiger partial charge in [0.15, 0.2) is 0 Å². The number of nitrogens with one attached hydrogen (secondary N) is 2. The van der Waals surface area contributed by atoms with Crippen LogP contribution in [0.4, 0.5) is 11.6 Å². The summed E-state index contributed by atoms with van der Waals surface area (Å²) in [5, 5.41) is 3.54. The first kappa shape index (κ1) is 14.0. The van der Waals surface area contributed by atoms with Crippen LogP contribution in [0.1, 0.15) is 31.2 Å². The average molecular weight is 264 g/mol. The van der Waals surface area contributed by atoms with Crippen molar-refractivity contribution in [2.75, 3.05) is 24.3 Å². The van der Waals surface area contributed by atoms with E-state index in [0.717, 1.165) is 36.6 Å². The van der Waals surface area contributed by atoms with Crippen molar-refractivity contribution in [3.05, 3.63) is 11.4 Å². The van der Waals surface area contributed by atoms with Crippen molar-refractivity contribution < 1.29 is 0 Å². The van der Waals surface area contributed by atoms with Crippen LogP contribution >= 0.6 is 0 Å². The Labute approximate surface area is 114 Å². The van der Waals surface area contributed by atoms with E-state index in [2.05, 4.69) is 39.6 Å². The minimum Gasteiger partial charge on any atom is -0.367 e. The van der Waals surface area contributed by atoms with Crippen LogP contribution in [-0.4, -0.2) is 40.5 Å². The van der Waals surface area contributed by atoms with Crippen molar-refractivity contribution >= 4 is 11.6 Å². The summed E-state index contributed by atoms with van der Waals surface area (Å²) in [5.41, 5.74) is 3.60. The summed E-state index contributed by atoms with van der Waals surface area (Å²) in [4.78, 5) is 11.2. The number of hydrogen-bond donors (Lipinski definition) is 3. The number of piperidine rings is 1. The Morgan fingerprint density at radius 3 is 2.58 bits per heavy atom. The van der Waals surface area contributed by atoms with E-state index in [1.54, 1.807) is 0 Å². The Morgan fingerprint density at radius 1 is 1.26 bits per heavy atom. The lowest BCUT2D eigenvalue weighted by Crippen LogP contribution is -2.42. The van der Waals surface area contributed by atoms with Crippen LogP contribution in [0.5, 0.6) is 0 Å². The van der Waals surface area contributed by atoms with Gasteiger partial charge in [-0.3, -0.25) is 0 Å². The highest BCUT2D eigenvalue weighted by molar-refractivity contribution is 5.57. The van der Waals surface area contributed by atoms with Crippen molar-refractivity contribution in [1.82, 2.24) is 14.9 Å². The first-order chi connectivity index (χ1) is 9.01. The fourth-order valence-corrected chi connectivity index (χ4v) is 2.52. The zero-order valence-corrected chi connectivity index (χ0v) is 12.2. The number of nitrogens with two attached hydrogens (primary N) is 1. The molecule has 1 aromatic heterocycles. The molecule has 106 valence electrons. The molecule has 0 aliphatic carbocycles. The third-order valence-corrected chi connectivity index (χ3v) is 3.94. The molecule has 0 amide bonds. The van der Waals surface area contributed by atoms with Gasteiger partial charge in [0.05, 0.1) is 0 Å². The predicted octanol–water partition coefficient (Wildman–Crippen LogP) is 1.27. The second-order valence-corrected chi connectivity index (χ2v) is 5.43. The zero-order chi connectivity index (χ0) is 14.0. The van der Waals surface area contributed by atoms with Crippen LogP contribution in [-0.2, 0) is 0 Å². The first-order valence-corrected chi connectivity index (χ1v) is 6.80. The van der Waals surface area contributed by atoms with E-state index >= 15 is 0 Å². The molecule has 19 heavy (non-hydrogen) atoms. The van der Waals surface area contributed by atoms with Crippen LogP contribution in [0, 0.1) is 13.8 Å². The van der Waals surface area contributed by atoms with Crippen LogP contribution in [0.3, 0.4) is 0 Å². The molecule has 0 saturated carbocycles. The van der Waals surface area contributed by atoms with Gasteiger partial charge in [-0.25, -0.2) is 15.8 Å². The lowest BCUT2D eigenvalue weighted by atomic mass is 9.99. The largest absolute Gasteiger partial charge is 0.367 e. The monoisotopic (exact) mass is 264 g/mol. The molecule has 1 saturated heterocycles. The third-order valence-electron chi connectivity index (χ3n) is 3.94. The minimum absolute atomic E-state index is 0.463. The minimum atomic E-state index is 0.463. The van der Waals surface area contributed by atoms with Crippen LogP contribution in [0.15, 0.2) is 0 Å². The third kappa shape index (κ3) is 3.13. The lowest BCUT2D eigenvalue weighted by molar-refractivity contribution is 0.190. The van der Waals surface area contributed by atoms with Gasteiger partial charge in [-0.2, -0.15) is 0 Å². The van der Waals surface area contributed by atoms with Gasteiger partial charge >= 0.3 is 0 Å². The topological polar surface area (TPSA) is 79.1 Å². The average Bonchev–Trinajstić information content (AvgIpc) is 2.37. The molecule has 0 spiro atoms. The number of rotatable bonds is 3. The van der Waals surface area contributed by atoms with E-state index in [9.17, 15) is 0 Å². The molecular weight excluding hydrogens is 240 g/mol. The maximum Gasteiger partial charge on any atom is 0.148 e. The lowest BCUT2D eigenvalue weighted by Gasteiger charge is -2.35. The number of aromatic nitrogens is 2. The molecule has 4 N–H and O–H groups in total. The van der Waals surface area contributed by atoms with Gasteiger partial charge < -0.3 is 15.6 Å². The van der Waals surface area contributed by atoms with Crippen molar-refractivity contribution in [2.24, 2.45) is 5.84 Å². The Morgan fingerprint density at radius 2 is 1.95 bits per heavy atom. The number of hydrazine groups is 1. The molecule has 0 bridgehead atoms. The van der Waals surface area contributed by atoms with Crippen molar-refractivity contribution in [3.8, 4) is 0 Å². The van der Waals surface area contributed by atoms with Crippen molar-refractivity contribution in [1.29, 1.82) is 0 Å². The van der Waals surface area contributed by atoms with Gasteiger partial charge in [-0.15, -0.1) is 0 Å². The molecule has 2 atom stereocenters. The summed E-state index contributed by atoms with van der Waals surface area (Å²) >= 11 is 0. The SMILES string of the molecule is Cc1nc(NN)c(C)c(NC2CCN(C)C(C)C2)n1. The van der Waals surface area contributed by atoms with E-state index in [1.165, 1.54) is 0 Å². The molecule has 1 aliphatic rings. The summed E-state index contributed by atoms with van der Waals surface area (Å²) in [7, 11) is 2.18. The van der Waals surface area contributed by atoms with Gasteiger partial charge in [0.2, 0.25) is 0 Å². The summed E-state index contributed by atoms with van der Waals surface area (Å²) in [6.45, 7) is 7.24. The Balaban J connectivity index is 2.13. The molecule has 1 aliphatic heterocycles. The molecule has 2 heterocycles. The second kappa shape index (κ2) is 5.71. The molecule has 1 aromatic rings. The number of hydrogen-bond acceptors (Lipinski definition) is 6. The van der Waals surface area contributed by atoms with Crippen molar-refractivity contribution in [2.45, 2.75) is 45.7 Å². The van der Waals surface area contributed by atoms with E-state index in [4.69, 9.17) is 5.84 Å². The molecule has 2 unspecified atom stereocenters. The quantitative estimate of drug-likeness (QED) is 0.564. The summed E-state index contributed by atoms with van der Waals surface area (Å²) in [6.07, 6.45) is 2.26.